The first kappa shape index (κ1) is 16.7. The molecule has 1 aromatic carbocycles. The van der Waals surface area contributed by atoms with Crippen LogP contribution < -0.4 is 10.1 Å². The number of urea groups is 1. The maximum atomic E-state index is 12.8. The van der Waals surface area contributed by atoms with Crippen LogP contribution >= 0.6 is 0 Å². The topological polar surface area (TPSA) is 84.9 Å². The molecule has 2 rings (SSSR count). The van der Waals surface area contributed by atoms with Crippen LogP contribution in [0.2, 0.25) is 0 Å². The molecule has 1 saturated heterocycles. The summed E-state index contributed by atoms with van der Waals surface area (Å²) >= 11 is 0. The van der Waals surface area contributed by atoms with Gasteiger partial charge in [0, 0.05) is 13.1 Å². The number of ether oxygens (including phenoxy) is 2. The number of nitrogens with one attached hydrogen (secondary N) is 1. The Labute approximate surface area is 132 Å². The molecule has 3 amide bonds. The Balaban J connectivity index is 1.89. The monoisotopic (exact) mass is 324 g/mol. The van der Waals surface area contributed by atoms with E-state index in [1.165, 1.54) is 38.1 Å². The van der Waals surface area contributed by atoms with Crippen LogP contribution in [0.1, 0.15) is 13.8 Å². The molecule has 0 radical (unpaired) electrons. The van der Waals surface area contributed by atoms with Gasteiger partial charge >= 0.3 is 12.0 Å². The lowest BCUT2D eigenvalue weighted by Crippen LogP contribution is -2.43. The van der Waals surface area contributed by atoms with E-state index in [0.717, 1.165) is 4.90 Å². The zero-order chi connectivity index (χ0) is 17.0. The minimum Gasteiger partial charge on any atom is -0.476 e. The highest BCUT2D eigenvalue weighted by atomic mass is 19.1. The highest BCUT2D eigenvalue weighted by molar-refractivity contribution is 5.97. The smallest absolute Gasteiger partial charge is 0.350 e. The first-order valence-corrected chi connectivity index (χ1v) is 6.99. The molecule has 7 nitrogen and oxygen atoms in total. The normalized spacial score (nSPS) is 14.4. The molecule has 0 atom stereocenters. The third kappa shape index (κ3) is 4.18. The number of carbonyl (C=O) groups excluding carboxylic acids is 3. The van der Waals surface area contributed by atoms with Crippen LogP contribution in [0.5, 0.6) is 5.75 Å². The number of rotatable bonds is 5. The third-order valence-electron chi connectivity index (χ3n) is 3.16. The molecule has 1 aromatic rings. The largest absolute Gasteiger partial charge is 0.476 e. The highest BCUT2D eigenvalue weighted by Gasteiger charge is 2.34. The molecule has 0 bridgehead atoms. The molecule has 0 aliphatic carbocycles. The van der Waals surface area contributed by atoms with Crippen molar-refractivity contribution in [1.82, 2.24) is 10.2 Å². The Morgan fingerprint density at radius 1 is 1.30 bits per heavy atom. The van der Waals surface area contributed by atoms with Crippen LogP contribution in [0.15, 0.2) is 24.3 Å². The molecule has 1 aliphatic heterocycles. The summed E-state index contributed by atoms with van der Waals surface area (Å²) in [5.74, 6) is -1.51. The van der Waals surface area contributed by atoms with Crippen molar-refractivity contribution in [1.29, 1.82) is 0 Å². The van der Waals surface area contributed by atoms with E-state index < -0.39 is 35.9 Å². The SMILES string of the molecule is CC(C)(Oc1ccc(F)cc1)C(=O)OCC(=O)N1CCNC1=O. The van der Waals surface area contributed by atoms with E-state index in [4.69, 9.17) is 9.47 Å². The summed E-state index contributed by atoms with van der Waals surface area (Å²) in [4.78, 5) is 36.1. The van der Waals surface area contributed by atoms with Crippen LogP contribution in [0.3, 0.4) is 0 Å². The van der Waals surface area contributed by atoms with Gasteiger partial charge in [0.25, 0.3) is 5.91 Å². The zero-order valence-electron chi connectivity index (χ0n) is 12.8. The number of imide groups is 1. The molecule has 1 heterocycles. The number of hydrogen-bond acceptors (Lipinski definition) is 5. The second kappa shape index (κ2) is 6.64. The maximum absolute atomic E-state index is 12.8. The lowest BCUT2D eigenvalue weighted by Gasteiger charge is -2.24. The summed E-state index contributed by atoms with van der Waals surface area (Å²) in [5, 5.41) is 2.48. The lowest BCUT2D eigenvalue weighted by atomic mass is 10.1. The predicted octanol–water partition coefficient (Wildman–Crippen LogP) is 1.08. The Hall–Kier alpha value is -2.64. The molecule has 1 fully saturated rings. The van der Waals surface area contributed by atoms with Crippen molar-refractivity contribution in [3.05, 3.63) is 30.1 Å². The average Bonchev–Trinajstić information content (AvgIpc) is 2.92. The van der Waals surface area contributed by atoms with Gasteiger partial charge in [-0.15, -0.1) is 0 Å². The Morgan fingerprint density at radius 2 is 1.96 bits per heavy atom. The third-order valence-corrected chi connectivity index (χ3v) is 3.16. The molecule has 0 aromatic heterocycles. The molecule has 8 heteroatoms. The zero-order valence-corrected chi connectivity index (χ0v) is 12.8. The van der Waals surface area contributed by atoms with Crippen molar-refractivity contribution in [2.24, 2.45) is 0 Å². The van der Waals surface area contributed by atoms with Crippen molar-refractivity contribution in [2.45, 2.75) is 19.4 Å². The van der Waals surface area contributed by atoms with Crippen LogP contribution in [0.4, 0.5) is 9.18 Å². The van der Waals surface area contributed by atoms with E-state index in [9.17, 15) is 18.8 Å². The number of benzene rings is 1. The Bertz CT molecular complexity index is 615. The quantitative estimate of drug-likeness (QED) is 0.819. The van der Waals surface area contributed by atoms with Gasteiger partial charge < -0.3 is 14.8 Å². The van der Waals surface area contributed by atoms with Gasteiger partial charge in [-0.3, -0.25) is 9.69 Å². The van der Waals surface area contributed by atoms with Gasteiger partial charge in [0.2, 0.25) is 0 Å². The maximum Gasteiger partial charge on any atom is 0.350 e. The average molecular weight is 324 g/mol. The van der Waals surface area contributed by atoms with E-state index in [1.807, 2.05) is 0 Å². The van der Waals surface area contributed by atoms with Gasteiger partial charge in [0.05, 0.1) is 0 Å². The minimum absolute atomic E-state index is 0.241. The summed E-state index contributed by atoms with van der Waals surface area (Å²) in [6.45, 7) is 2.99. The fraction of sp³-hybridized carbons (Fsp3) is 0.400. The molecule has 0 unspecified atom stereocenters. The second-order valence-electron chi connectivity index (χ2n) is 5.42. The van der Waals surface area contributed by atoms with Crippen molar-refractivity contribution >= 4 is 17.9 Å². The van der Waals surface area contributed by atoms with E-state index in [2.05, 4.69) is 5.32 Å². The number of amides is 3. The summed E-state index contributed by atoms with van der Waals surface area (Å²) in [6, 6.07) is 4.65. The molecule has 124 valence electrons. The van der Waals surface area contributed by atoms with Crippen LogP contribution in [-0.2, 0) is 14.3 Å². The summed E-state index contributed by atoms with van der Waals surface area (Å²) in [6.07, 6.45) is 0. The molecule has 0 saturated carbocycles. The number of esters is 1. The van der Waals surface area contributed by atoms with E-state index in [1.54, 1.807) is 0 Å². The van der Waals surface area contributed by atoms with Gasteiger partial charge in [-0.05, 0) is 38.1 Å². The summed E-state index contributed by atoms with van der Waals surface area (Å²) in [5.41, 5.74) is -1.37. The number of carbonyl (C=O) groups is 3. The number of nitrogens with zero attached hydrogens (tertiary/aromatic N) is 1. The van der Waals surface area contributed by atoms with Crippen molar-refractivity contribution in [2.75, 3.05) is 19.7 Å². The van der Waals surface area contributed by atoms with Crippen molar-refractivity contribution in [3.8, 4) is 5.75 Å². The van der Waals surface area contributed by atoms with Gasteiger partial charge in [-0.25, -0.2) is 14.0 Å². The first-order chi connectivity index (χ1) is 10.8. The molecule has 1 N–H and O–H groups in total. The van der Waals surface area contributed by atoms with Gasteiger partial charge in [0.15, 0.2) is 12.2 Å². The van der Waals surface area contributed by atoms with Crippen molar-refractivity contribution < 1.29 is 28.2 Å². The summed E-state index contributed by atoms with van der Waals surface area (Å²) < 4.78 is 23.2. The van der Waals surface area contributed by atoms with E-state index >= 15 is 0 Å². The fourth-order valence-corrected chi connectivity index (χ4v) is 1.93. The van der Waals surface area contributed by atoms with Gasteiger partial charge in [-0.1, -0.05) is 0 Å². The Kier molecular flexibility index (Phi) is 4.83. The standard InChI is InChI=1S/C15H17FN2O5/c1-15(2,23-11-5-3-10(16)4-6-11)13(20)22-9-12(19)18-8-7-17-14(18)21/h3-6H,7-9H2,1-2H3,(H,17,21). The molecule has 0 spiro atoms. The van der Waals surface area contributed by atoms with E-state index in [0.29, 0.717) is 12.3 Å². The van der Waals surface area contributed by atoms with Crippen LogP contribution in [0.25, 0.3) is 0 Å². The predicted molar refractivity (Wildman–Crippen MR) is 77.2 cm³/mol. The number of halogens is 1. The summed E-state index contributed by atoms with van der Waals surface area (Å²) in [7, 11) is 0. The Morgan fingerprint density at radius 3 is 2.52 bits per heavy atom. The molecule has 1 aliphatic rings. The molecular formula is C15H17FN2O5. The second-order valence-corrected chi connectivity index (χ2v) is 5.42. The van der Waals surface area contributed by atoms with Gasteiger partial charge in [0.1, 0.15) is 11.6 Å². The fourth-order valence-electron chi connectivity index (χ4n) is 1.93. The van der Waals surface area contributed by atoms with Crippen molar-refractivity contribution in [3.63, 3.8) is 0 Å². The molecular weight excluding hydrogens is 307 g/mol. The van der Waals surface area contributed by atoms with E-state index in [-0.39, 0.29) is 6.54 Å². The van der Waals surface area contributed by atoms with Gasteiger partial charge in [-0.2, -0.15) is 0 Å². The molecule has 23 heavy (non-hydrogen) atoms. The minimum atomic E-state index is -1.37. The lowest BCUT2D eigenvalue weighted by molar-refractivity contribution is -0.163. The van der Waals surface area contributed by atoms with Crippen LogP contribution in [-0.4, -0.2) is 48.1 Å². The van der Waals surface area contributed by atoms with Crippen LogP contribution in [0, 0.1) is 5.82 Å². The number of hydrogen-bond donors (Lipinski definition) is 1. The first-order valence-electron chi connectivity index (χ1n) is 6.99. The highest BCUT2D eigenvalue weighted by Crippen LogP contribution is 2.20.